The molecular weight excluding hydrogens is 362 g/mol. The van der Waals surface area contributed by atoms with Gasteiger partial charge in [-0.25, -0.2) is 4.79 Å². The maximum absolute atomic E-state index is 12.6. The lowest BCUT2D eigenvalue weighted by Gasteiger charge is -2.10. The number of ether oxygens (including phenoxy) is 3. The first kappa shape index (κ1) is 19.0. The van der Waals surface area contributed by atoms with Crippen LogP contribution in [-0.2, 0) is 14.3 Å². The summed E-state index contributed by atoms with van der Waals surface area (Å²) >= 11 is 0. The van der Waals surface area contributed by atoms with Crippen LogP contribution in [0.3, 0.4) is 0 Å². The molecule has 0 radical (unpaired) electrons. The van der Waals surface area contributed by atoms with E-state index in [0.29, 0.717) is 29.4 Å². The summed E-state index contributed by atoms with van der Waals surface area (Å²) in [5.74, 6) is -1.22. The zero-order chi connectivity index (χ0) is 20.1. The summed E-state index contributed by atoms with van der Waals surface area (Å²) in [5.41, 5.74) is 0.764. The quantitative estimate of drug-likeness (QED) is 0.560. The van der Waals surface area contributed by atoms with Gasteiger partial charge in [0.2, 0.25) is 11.7 Å². The van der Waals surface area contributed by atoms with E-state index in [2.05, 4.69) is 5.32 Å². The van der Waals surface area contributed by atoms with Crippen molar-refractivity contribution in [1.29, 1.82) is 0 Å². The third kappa shape index (κ3) is 3.98. The summed E-state index contributed by atoms with van der Waals surface area (Å²) in [6.07, 6.45) is 1.47. The van der Waals surface area contributed by atoms with Gasteiger partial charge in [0.05, 0.1) is 13.7 Å². The zero-order valence-corrected chi connectivity index (χ0v) is 15.4. The van der Waals surface area contributed by atoms with E-state index in [1.807, 2.05) is 13.0 Å². The number of nitrogens with one attached hydrogen (secondary N) is 1. The van der Waals surface area contributed by atoms with Gasteiger partial charge in [0, 0.05) is 5.69 Å². The highest BCUT2D eigenvalue weighted by Crippen LogP contribution is 2.32. The fourth-order valence-electron chi connectivity index (χ4n) is 2.67. The average molecular weight is 381 g/mol. The van der Waals surface area contributed by atoms with Crippen molar-refractivity contribution < 1.29 is 28.9 Å². The van der Waals surface area contributed by atoms with Crippen molar-refractivity contribution in [2.24, 2.45) is 0 Å². The van der Waals surface area contributed by atoms with Gasteiger partial charge < -0.3 is 24.6 Å². The largest absolute Gasteiger partial charge is 0.493 e. The van der Waals surface area contributed by atoms with Gasteiger partial charge in [0.1, 0.15) is 0 Å². The third-order valence-corrected chi connectivity index (χ3v) is 3.92. The lowest BCUT2D eigenvalue weighted by Crippen LogP contribution is -2.12. The lowest BCUT2D eigenvalue weighted by atomic mass is 10.1. The van der Waals surface area contributed by atoms with Crippen LogP contribution in [0.2, 0.25) is 0 Å². The highest BCUT2D eigenvalue weighted by atomic mass is 16.5. The molecule has 7 heteroatoms. The topological polar surface area (TPSA) is 94.1 Å². The molecule has 0 aliphatic carbocycles. The number of ketones is 1. The molecule has 0 unspecified atom stereocenters. The monoisotopic (exact) mass is 381 g/mol. The van der Waals surface area contributed by atoms with Crippen LogP contribution in [0.25, 0.3) is 6.08 Å². The Kier molecular flexibility index (Phi) is 5.64. The number of carboxylic acid groups (broad SMARTS) is 1. The van der Waals surface area contributed by atoms with Crippen LogP contribution in [-0.4, -0.2) is 30.6 Å². The molecular formula is C21H19NO6. The van der Waals surface area contributed by atoms with E-state index in [9.17, 15) is 14.7 Å². The number of hydrogen-bond donors (Lipinski definition) is 2. The molecule has 1 aliphatic rings. The maximum Gasteiger partial charge on any atom is 0.345 e. The number of carbonyl (C=O) groups is 2. The summed E-state index contributed by atoms with van der Waals surface area (Å²) in [5, 5.41) is 12.3. The second kappa shape index (κ2) is 8.30. The predicted octanol–water partition coefficient (Wildman–Crippen LogP) is 3.44. The van der Waals surface area contributed by atoms with E-state index in [0.717, 1.165) is 0 Å². The number of carbonyl (C=O) groups excluding carboxylic acids is 1. The first-order valence-electron chi connectivity index (χ1n) is 8.58. The molecule has 0 saturated carbocycles. The van der Waals surface area contributed by atoms with Crippen molar-refractivity contribution in [2.45, 2.75) is 6.92 Å². The fourth-order valence-corrected chi connectivity index (χ4v) is 2.67. The smallest absolute Gasteiger partial charge is 0.345 e. The minimum Gasteiger partial charge on any atom is -0.493 e. The maximum atomic E-state index is 12.6. The van der Waals surface area contributed by atoms with E-state index in [4.69, 9.17) is 14.2 Å². The van der Waals surface area contributed by atoms with Gasteiger partial charge in [-0.3, -0.25) is 4.79 Å². The van der Waals surface area contributed by atoms with E-state index < -0.39 is 17.3 Å². The molecule has 7 nitrogen and oxygen atoms in total. The molecule has 1 heterocycles. The Hall–Kier alpha value is -3.74. The van der Waals surface area contributed by atoms with Gasteiger partial charge in [-0.05, 0) is 42.8 Å². The van der Waals surface area contributed by atoms with Crippen molar-refractivity contribution in [3.05, 3.63) is 71.3 Å². The number of anilines is 1. The van der Waals surface area contributed by atoms with Crippen LogP contribution in [0.1, 0.15) is 12.5 Å². The number of carboxylic acids is 1. The van der Waals surface area contributed by atoms with Crippen LogP contribution < -0.4 is 14.8 Å². The van der Waals surface area contributed by atoms with Crippen molar-refractivity contribution >= 4 is 23.5 Å². The number of aliphatic carboxylic acids is 1. The Bertz CT molecular complexity index is 962. The Morgan fingerprint density at radius 2 is 1.93 bits per heavy atom. The summed E-state index contributed by atoms with van der Waals surface area (Å²) < 4.78 is 16.3. The minimum absolute atomic E-state index is 0.0940. The van der Waals surface area contributed by atoms with E-state index in [1.54, 1.807) is 42.5 Å². The van der Waals surface area contributed by atoms with Crippen molar-refractivity contribution in [3.8, 4) is 11.5 Å². The standard InChI is InChI=1S/C21H19NO6/c1-3-27-16-11-13(9-10-15(16)26-2)12-17-19(23)18(21(24)25)20(28-17)22-14-7-5-4-6-8-14/h4-12,22H,3H2,1-2H3,(H,24,25)/b17-12-. The fraction of sp³-hybridized carbons (Fsp3) is 0.143. The molecule has 0 bridgehead atoms. The molecule has 0 atom stereocenters. The first-order valence-corrected chi connectivity index (χ1v) is 8.58. The van der Waals surface area contributed by atoms with Crippen molar-refractivity contribution in [3.63, 3.8) is 0 Å². The van der Waals surface area contributed by atoms with Gasteiger partial charge in [0.25, 0.3) is 0 Å². The highest BCUT2D eigenvalue weighted by molar-refractivity contribution is 6.26. The third-order valence-electron chi connectivity index (χ3n) is 3.92. The molecule has 0 saturated heterocycles. The molecule has 0 aromatic heterocycles. The molecule has 0 fully saturated rings. The number of para-hydroxylation sites is 1. The Morgan fingerprint density at radius 1 is 1.18 bits per heavy atom. The van der Waals surface area contributed by atoms with Gasteiger partial charge in [-0.2, -0.15) is 0 Å². The number of hydrogen-bond acceptors (Lipinski definition) is 6. The molecule has 1 aliphatic heterocycles. The van der Waals surface area contributed by atoms with Gasteiger partial charge in [-0.15, -0.1) is 0 Å². The number of allylic oxidation sites excluding steroid dienone is 1. The first-order chi connectivity index (χ1) is 13.5. The average Bonchev–Trinajstić information content (AvgIpc) is 2.98. The highest BCUT2D eigenvalue weighted by Gasteiger charge is 2.35. The second-order valence-corrected chi connectivity index (χ2v) is 5.78. The van der Waals surface area contributed by atoms with Crippen LogP contribution >= 0.6 is 0 Å². The number of benzene rings is 2. The van der Waals surface area contributed by atoms with Gasteiger partial charge in [-0.1, -0.05) is 24.3 Å². The molecule has 28 heavy (non-hydrogen) atoms. The summed E-state index contributed by atoms with van der Waals surface area (Å²) in [4.78, 5) is 24.1. The van der Waals surface area contributed by atoms with Crippen LogP contribution in [0, 0.1) is 0 Å². The van der Waals surface area contributed by atoms with Gasteiger partial charge >= 0.3 is 5.97 Å². The summed E-state index contributed by atoms with van der Waals surface area (Å²) in [6, 6.07) is 14.0. The summed E-state index contributed by atoms with van der Waals surface area (Å²) in [7, 11) is 1.53. The predicted molar refractivity (Wildman–Crippen MR) is 103 cm³/mol. The number of methoxy groups -OCH3 is 1. The van der Waals surface area contributed by atoms with E-state index in [1.165, 1.54) is 13.2 Å². The van der Waals surface area contributed by atoms with Crippen LogP contribution in [0.5, 0.6) is 11.5 Å². The van der Waals surface area contributed by atoms with E-state index in [-0.39, 0.29) is 11.6 Å². The van der Waals surface area contributed by atoms with Crippen LogP contribution in [0.15, 0.2) is 65.7 Å². The minimum atomic E-state index is -1.36. The second-order valence-electron chi connectivity index (χ2n) is 5.78. The zero-order valence-electron chi connectivity index (χ0n) is 15.4. The molecule has 2 aromatic carbocycles. The summed E-state index contributed by atoms with van der Waals surface area (Å²) in [6.45, 7) is 2.29. The van der Waals surface area contributed by atoms with Gasteiger partial charge in [0.15, 0.2) is 22.8 Å². The molecule has 2 aromatic rings. The molecule has 0 amide bonds. The Labute approximate surface area is 161 Å². The SMILES string of the molecule is CCOc1cc(/C=C2\OC(Nc3ccccc3)=C(C(=O)O)C2=O)ccc1OC. The van der Waals surface area contributed by atoms with Crippen molar-refractivity contribution in [1.82, 2.24) is 0 Å². The normalized spacial score (nSPS) is 14.8. The molecule has 2 N–H and O–H groups in total. The lowest BCUT2D eigenvalue weighted by molar-refractivity contribution is -0.134. The molecule has 0 spiro atoms. The number of rotatable bonds is 7. The van der Waals surface area contributed by atoms with Crippen molar-refractivity contribution in [2.75, 3.05) is 19.0 Å². The Morgan fingerprint density at radius 3 is 2.57 bits per heavy atom. The Balaban J connectivity index is 1.91. The van der Waals surface area contributed by atoms with E-state index >= 15 is 0 Å². The van der Waals surface area contributed by atoms with Crippen LogP contribution in [0.4, 0.5) is 5.69 Å². The molecule has 3 rings (SSSR count). The number of Topliss-reactive ketones (excluding diaryl/α,β-unsaturated/α-hetero) is 1. The molecule has 144 valence electrons.